The first-order valence-corrected chi connectivity index (χ1v) is 7.85. The molecular weight excluding hydrogens is 256 g/mol. The standard InChI is InChI=1S/C14H18N4S/c1-2-15-13-10-6-4-3-5-7-11(10)17-14(18-13)12-8-19-9-16-12/h8-9H,2-7H2,1H3,(H,15,17,18). The van der Waals surface area contributed by atoms with Crippen molar-refractivity contribution in [3.8, 4) is 11.5 Å². The number of nitrogens with zero attached hydrogens (tertiary/aromatic N) is 3. The minimum atomic E-state index is 0.762. The highest BCUT2D eigenvalue weighted by atomic mass is 32.1. The van der Waals surface area contributed by atoms with Gasteiger partial charge in [-0.15, -0.1) is 11.3 Å². The summed E-state index contributed by atoms with van der Waals surface area (Å²) in [5.74, 6) is 1.77. The van der Waals surface area contributed by atoms with E-state index in [-0.39, 0.29) is 0 Å². The summed E-state index contributed by atoms with van der Waals surface area (Å²) in [5.41, 5.74) is 5.25. The van der Waals surface area contributed by atoms with E-state index in [9.17, 15) is 0 Å². The lowest BCUT2D eigenvalue weighted by Crippen LogP contribution is -2.09. The quantitative estimate of drug-likeness (QED) is 0.872. The topological polar surface area (TPSA) is 50.7 Å². The van der Waals surface area contributed by atoms with Crippen molar-refractivity contribution in [2.75, 3.05) is 11.9 Å². The summed E-state index contributed by atoms with van der Waals surface area (Å²) >= 11 is 1.58. The van der Waals surface area contributed by atoms with Crippen LogP contribution in [0.5, 0.6) is 0 Å². The molecule has 100 valence electrons. The molecule has 4 nitrogen and oxygen atoms in total. The fraction of sp³-hybridized carbons (Fsp3) is 0.500. The molecule has 19 heavy (non-hydrogen) atoms. The van der Waals surface area contributed by atoms with Crippen molar-refractivity contribution < 1.29 is 0 Å². The van der Waals surface area contributed by atoms with E-state index in [4.69, 9.17) is 4.98 Å². The minimum Gasteiger partial charge on any atom is -0.370 e. The highest BCUT2D eigenvalue weighted by molar-refractivity contribution is 7.07. The predicted octanol–water partition coefficient (Wildman–Crippen LogP) is 3.30. The van der Waals surface area contributed by atoms with Crippen LogP contribution in [0.2, 0.25) is 0 Å². The lowest BCUT2D eigenvalue weighted by atomic mass is 10.1. The minimum absolute atomic E-state index is 0.762. The molecule has 0 unspecified atom stereocenters. The van der Waals surface area contributed by atoms with Crippen LogP contribution in [0.4, 0.5) is 5.82 Å². The molecule has 1 N–H and O–H groups in total. The van der Waals surface area contributed by atoms with Crippen LogP contribution >= 0.6 is 11.3 Å². The average Bonchev–Trinajstić information content (AvgIpc) is 2.85. The number of fused-ring (bicyclic) bond motifs is 1. The third kappa shape index (κ3) is 2.61. The first-order chi connectivity index (χ1) is 9.38. The Bertz CT molecular complexity index is 551. The Kier molecular flexibility index (Phi) is 3.73. The summed E-state index contributed by atoms with van der Waals surface area (Å²) in [6.45, 7) is 2.99. The number of aryl methyl sites for hydroxylation is 1. The molecule has 1 aliphatic carbocycles. The van der Waals surface area contributed by atoms with Crippen molar-refractivity contribution in [2.45, 2.75) is 39.0 Å². The van der Waals surface area contributed by atoms with E-state index in [0.29, 0.717) is 0 Å². The second-order valence-electron chi connectivity index (χ2n) is 4.79. The molecule has 0 aromatic carbocycles. The van der Waals surface area contributed by atoms with Crippen molar-refractivity contribution in [3.63, 3.8) is 0 Å². The Balaban J connectivity index is 2.08. The molecule has 1 aliphatic rings. The van der Waals surface area contributed by atoms with Crippen LogP contribution in [-0.4, -0.2) is 21.5 Å². The summed E-state index contributed by atoms with van der Waals surface area (Å²) < 4.78 is 0. The van der Waals surface area contributed by atoms with Crippen LogP contribution in [0.25, 0.3) is 11.5 Å². The van der Waals surface area contributed by atoms with Gasteiger partial charge in [-0.25, -0.2) is 15.0 Å². The normalized spacial score (nSPS) is 14.8. The van der Waals surface area contributed by atoms with E-state index in [1.54, 1.807) is 11.3 Å². The van der Waals surface area contributed by atoms with Gasteiger partial charge in [-0.2, -0.15) is 0 Å². The molecule has 0 spiro atoms. The molecule has 2 aromatic heterocycles. The highest BCUT2D eigenvalue weighted by Crippen LogP contribution is 2.27. The second-order valence-corrected chi connectivity index (χ2v) is 5.50. The number of hydrogen-bond donors (Lipinski definition) is 1. The molecule has 5 heteroatoms. The predicted molar refractivity (Wildman–Crippen MR) is 78.6 cm³/mol. The van der Waals surface area contributed by atoms with E-state index in [1.165, 1.54) is 30.5 Å². The fourth-order valence-electron chi connectivity index (χ4n) is 2.52. The molecule has 0 aliphatic heterocycles. The van der Waals surface area contributed by atoms with Crippen LogP contribution in [0.15, 0.2) is 10.9 Å². The molecule has 0 bridgehead atoms. The first-order valence-electron chi connectivity index (χ1n) is 6.90. The van der Waals surface area contributed by atoms with Crippen LogP contribution in [-0.2, 0) is 12.8 Å². The zero-order chi connectivity index (χ0) is 13.1. The fourth-order valence-corrected chi connectivity index (χ4v) is 3.05. The molecular formula is C14H18N4S. The molecule has 0 saturated carbocycles. The summed E-state index contributed by atoms with van der Waals surface area (Å²) in [7, 11) is 0. The monoisotopic (exact) mass is 274 g/mol. The van der Waals surface area contributed by atoms with Crippen LogP contribution in [0, 0.1) is 0 Å². The second kappa shape index (κ2) is 5.65. The summed E-state index contributed by atoms with van der Waals surface area (Å²) in [5, 5.41) is 5.40. The smallest absolute Gasteiger partial charge is 0.181 e. The van der Waals surface area contributed by atoms with Gasteiger partial charge in [-0.05, 0) is 32.6 Å². The maximum atomic E-state index is 4.75. The van der Waals surface area contributed by atoms with Crippen molar-refractivity contribution in [1.82, 2.24) is 15.0 Å². The van der Waals surface area contributed by atoms with Gasteiger partial charge < -0.3 is 5.32 Å². The third-order valence-corrected chi connectivity index (χ3v) is 4.03. The van der Waals surface area contributed by atoms with E-state index in [2.05, 4.69) is 22.2 Å². The van der Waals surface area contributed by atoms with Gasteiger partial charge in [0.25, 0.3) is 0 Å². The number of thiazole rings is 1. The van der Waals surface area contributed by atoms with Crippen LogP contribution in [0.1, 0.15) is 37.4 Å². The van der Waals surface area contributed by atoms with Gasteiger partial charge in [0.05, 0.1) is 5.51 Å². The number of rotatable bonds is 3. The lowest BCUT2D eigenvalue weighted by molar-refractivity contribution is 0.709. The third-order valence-electron chi connectivity index (χ3n) is 3.44. The van der Waals surface area contributed by atoms with Gasteiger partial charge in [-0.3, -0.25) is 0 Å². The number of aromatic nitrogens is 3. The largest absolute Gasteiger partial charge is 0.370 e. The Hall–Kier alpha value is -1.49. The molecule has 0 atom stereocenters. The van der Waals surface area contributed by atoms with Gasteiger partial charge in [0.2, 0.25) is 0 Å². The van der Waals surface area contributed by atoms with E-state index >= 15 is 0 Å². The molecule has 0 fully saturated rings. The van der Waals surface area contributed by atoms with Gasteiger partial charge >= 0.3 is 0 Å². The van der Waals surface area contributed by atoms with Crippen LogP contribution < -0.4 is 5.32 Å². The lowest BCUT2D eigenvalue weighted by Gasteiger charge is -2.13. The highest BCUT2D eigenvalue weighted by Gasteiger charge is 2.17. The SMILES string of the molecule is CCNc1nc(-c2cscn2)nc2c1CCCCC2. The molecule has 0 amide bonds. The van der Waals surface area contributed by atoms with Crippen molar-refractivity contribution in [1.29, 1.82) is 0 Å². The number of anilines is 1. The van der Waals surface area contributed by atoms with Crippen molar-refractivity contribution in [2.24, 2.45) is 0 Å². The summed E-state index contributed by atoms with van der Waals surface area (Å²) in [4.78, 5) is 13.8. The van der Waals surface area contributed by atoms with Gasteiger partial charge in [0, 0.05) is 23.2 Å². The first kappa shape index (κ1) is 12.5. The number of nitrogens with one attached hydrogen (secondary N) is 1. The summed E-state index contributed by atoms with van der Waals surface area (Å²) in [6.07, 6.45) is 5.91. The van der Waals surface area contributed by atoms with Crippen molar-refractivity contribution >= 4 is 17.2 Å². The molecule has 2 aromatic rings. The van der Waals surface area contributed by atoms with Crippen molar-refractivity contribution in [3.05, 3.63) is 22.1 Å². The Morgan fingerprint density at radius 3 is 2.89 bits per heavy atom. The van der Waals surface area contributed by atoms with Gasteiger partial charge in [0.1, 0.15) is 11.5 Å². The van der Waals surface area contributed by atoms with Gasteiger partial charge in [-0.1, -0.05) is 6.42 Å². The average molecular weight is 274 g/mol. The Morgan fingerprint density at radius 2 is 2.11 bits per heavy atom. The molecule has 2 heterocycles. The van der Waals surface area contributed by atoms with E-state index < -0.39 is 0 Å². The molecule has 0 saturated heterocycles. The Morgan fingerprint density at radius 1 is 1.21 bits per heavy atom. The zero-order valence-corrected chi connectivity index (χ0v) is 12.0. The van der Waals surface area contributed by atoms with E-state index in [1.807, 2.05) is 10.9 Å². The van der Waals surface area contributed by atoms with Gasteiger partial charge in [0.15, 0.2) is 5.82 Å². The summed E-state index contributed by atoms with van der Waals surface area (Å²) in [6, 6.07) is 0. The molecule has 3 rings (SSSR count). The Labute approximate surface area is 117 Å². The zero-order valence-electron chi connectivity index (χ0n) is 11.1. The maximum Gasteiger partial charge on any atom is 0.181 e. The number of hydrogen-bond acceptors (Lipinski definition) is 5. The van der Waals surface area contributed by atoms with E-state index in [0.717, 1.165) is 36.7 Å². The maximum absolute atomic E-state index is 4.75. The molecule has 0 radical (unpaired) electrons. The van der Waals surface area contributed by atoms with Crippen LogP contribution in [0.3, 0.4) is 0 Å².